The lowest BCUT2D eigenvalue weighted by atomic mass is 10.1. The molecule has 6 nitrogen and oxygen atoms in total. The van der Waals surface area contributed by atoms with Gasteiger partial charge in [0, 0.05) is 24.7 Å². The number of benzene rings is 2. The fraction of sp³-hybridized carbons (Fsp3) is 0.304. The van der Waals surface area contributed by atoms with Crippen molar-refractivity contribution in [2.75, 3.05) is 7.05 Å². The predicted octanol–water partition coefficient (Wildman–Crippen LogP) is 5.00. The van der Waals surface area contributed by atoms with Crippen molar-refractivity contribution in [1.29, 1.82) is 0 Å². The van der Waals surface area contributed by atoms with Gasteiger partial charge in [-0.15, -0.1) is 24.0 Å². The van der Waals surface area contributed by atoms with Crippen molar-refractivity contribution in [3.63, 3.8) is 0 Å². The SMILES string of the molecule is CN=C(NCc1coc(-c2ccccc2)n1)NCc1ccccc1OC(C)(C)C.I. The second-order valence-corrected chi connectivity index (χ2v) is 7.61. The Morgan fingerprint density at radius 1 is 1.00 bits per heavy atom. The molecule has 0 aliphatic heterocycles. The third-order valence-corrected chi connectivity index (χ3v) is 4.07. The maximum absolute atomic E-state index is 6.05. The molecule has 2 N–H and O–H groups in total. The van der Waals surface area contributed by atoms with Crippen molar-refractivity contribution in [1.82, 2.24) is 15.6 Å². The van der Waals surface area contributed by atoms with Crippen molar-refractivity contribution in [3.05, 3.63) is 72.1 Å². The molecular weight excluding hydrogens is 491 g/mol. The highest BCUT2D eigenvalue weighted by Crippen LogP contribution is 2.23. The molecular formula is C23H29IN4O2. The Labute approximate surface area is 195 Å². The number of guanidine groups is 1. The van der Waals surface area contributed by atoms with E-state index in [9.17, 15) is 0 Å². The number of halogens is 1. The van der Waals surface area contributed by atoms with Crippen LogP contribution in [0.25, 0.3) is 11.5 Å². The number of ether oxygens (including phenoxy) is 1. The Morgan fingerprint density at radius 3 is 2.37 bits per heavy atom. The molecule has 0 amide bonds. The van der Waals surface area contributed by atoms with Crippen LogP contribution < -0.4 is 15.4 Å². The molecule has 30 heavy (non-hydrogen) atoms. The van der Waals surface area contributed by atoms with Gasteiger partial charge in [0.1, 0.15) is 17.6 Å². The van der Waals surface area contributed by atoms with Crippen LogP contribution in [0.2, 0.25) is 0 Å². The molecule has 0 bridgehead atoms. The molecule has 2 aromatic carbocycles. The third kappa shape index (κ3) is 7.05. The molecule has 0 saturated heterocycles. The fourth-order valence-electron chi connectivity index (χ4n) is 2.75. The van der Waals surface area contributed by atoms with Gasteiger partial charge in [0.15, 0.2) is 5.96 Å². The molecule has 0 atom stereocenters. The molecule has 160 valence electrons. The van der Waals surface area contributed by atoms with Crippen molar-refractivity contribution in [2.24, 2.45) is 4.99 Å². The van der Waals surface area contributed by atoms with Gasteiger partial charge in [0.05, 0.1) is 12.2 Å². The summed E-state index contributed by atoms with van der Waals surface area (Å²) in [7, 11) is 1.74. The quantitative estimate of drug-likeness (QED) is 0.272. The van der Waals surface area contributed by atoms with Gasteiger partial charge in [0.2, 0.25) is 5.89 Å². The first-order chi connectivity index (χ1) is 13.9. The molecule has 0 saturated carbocycles. The standard InChI is InChI=1S/C23H28N4O2.HI/c1-23(2,3)29-20-13-9-8-12-18(20)14-25-22(24-4)26-15-19-16-28-21(27-19)17-10-6-5-7-11-17;/h5-13,16H,14-15H2,1-4H3,(H2,24,25,26);1H. The van der Waals surface area contributed by atoms with E-state index in [1.54, 1.807) is 13.3 Å². The van der Waals surface area contributed by atoms with Crippen LogP contribution in [0, 0.1) is 0 Å². The second-order valence-electron chi connectivity index (χ2n) is 7.61. The van der Waals surface area contributed by atoms with Gasteiger partial charge in [-0.2, -0.15) is 0 Å². The Balaban J connectivity index is 0.00000320. The van der Waals surface area contributed by atoms with Crippen molar-refractivity contribution >= 4 is 29.9 Å². The summed E-state index contributed by atoms with van der Waals surface area (Å²) < 4.78 is 11.6. The van der Waals surface area contributed by atoms with Gasteiger partial charge in [-0.05, 0) is 39.0 Å². The van der Waals surface area contributed by atoms with Crippen LogP contribution in [-0.2, 0) is 13.1 Å². The maximum atomic E-state index is 6.05. The number of aromatic nitrogens is 1. The largest absolute Gasteiger partial charge is 0.488 e. The molecule has 3 rings (SSSR count). The summed E-state index contributed by atoms with van der Waals surface area (Å²) in [5.74, 6) is 2.16. The van der Waals surface area contributed by atoms with Gasteiger partial charge >= 0.3 is 0 Å². The van der Waals surface area contributed by atoms with Crippen molar-refractivity contribution < 1.29 is 9.15 Å². The molecule has 0 aliphatic rings. The summed E-state index contributed by atoms with van der Waals surface area (Å²) in [6.45, 7) is 7.23. The van der Waals surface area contributed by atoms with Crippen LogP contribution in [0.1, 0.15) is 32.0 Å². The van der Waals surface area contributed by atoms with E-state index in [2.05, 4.69) is 20.6 Å². The molecule has 0 radical (unpaired) electrons. The average molecular weight is 520 g/mol. The lowest BCUT2D eigenvalue weighted by Crippen LogP contribution is -2.36. The highest BCUT2D eigenvalue weighted by Gasteiger charge is 2.14. The maximum Gasteiger partial charge on any atom is 0.226 e. The van der Waals surface area contributed by atoms with Crippen LogP contribution in [0.5, 0.6) is 5.75 Å². The van der Waals surface area contributed by atoms with E-state index in [-0.39, 0.29) is 29.6 Å². The molecule has 3 aromatic rings. The summed E-state index contributed by atoms with van der Waals surface area (Å²) in [5.41, 5.74) is 2.58. The van der Waals surface area contributed by atoms with E-state index < -0.39 is 0 Å². The van der Waals surface area contributed by atoms with Gasteiger partial charge in [0.25, 0.3) is 0 Å². The zero-order valence-corrected chi connectivity index (χ0v) is 20.1. The highest BCUT2D eigenvalue weighted by molar-refractivity contribution is 14.0. The number of rotatable bonds is 6. The third-order valence-electron chi connectivity index (χ3n) is 4.07. The summed E-state index contributed by atoms with van der Waals surface area (Å²) in [6.07, 6.45) is 1.66. The monoisotopic (exact) mass is 520 g/mol. The average Bonchev–Trinajstić information content (AvgIpc) is 3.18. The first kappa shape index (κ1) is 23.7. The van der Waals surface area contributed by atoms with Crippen molar-refractivity contribution in [2.45, 2.75) is 39.5 Å². The van der Waals surface area contributed by atoms with Gasteiger partial charge in [-0.3, -0.25) is 4.99 Å². The Bertz CT molecular complexity index is 949. The van der Waals surface area contributed by atoms with Gasteiger partial charge < -0.3 is 19.8 Å². The number of hydrogen-bond donors (Lipinski definition) is 2. The number of nitrogens with one attached hydrogen (secondary N) is 2. The van der Waals surface area contributed by atoms with Crippen LogP contribution in [-0.4, -0.2) is 23.6 Å². The van der Waals surface area contributed by atoms with E-state index in [1.165, 1.54) is 0 Å². The van der Waals surface area contributed by atoms with Crippen LogP contribution in [0.3, 0.4) is 0 Å². The zero-order valence-electron chi connectivity index (χ0n) is 17.8. The highest BCUT2D eigenvalue weighted by atomic mass is 127. The fourth-order valence-corrected chi connectivity index (χ4v) is 2.75. The van der Waals surface area contributed by atoms with Crippen LogP contribution in [0.4, 0.5) is 0 Å². The summed E-state index contributed by atoms with van der Waals surface area (Å²) in [4.78, 5) is 8.81. The topological polar surface area (TPSA) is 71.7 Å². The van der Waals surface area contributed by atoms with E-state index in [4.69, 9.17) is 9.15 Å². The second kappa shape index (κ2) is 11.0. The Morgan fingerprint density at radius 2 is 1.67 bits per heavy atom. The van der Waals surface area contributed by atoms with E-state index in [0.717, 1.165) is 22.6 Å². The number of hydrogen-bond acceptors (Lipinski definition) is 4. The number of oxazole rings is 1. The first-order valence-electron chi connectivity index (χ1n) is 9.66. The number of para-hydroxylation sites is 1. The van der Waals surface area contributed by atoms with Crippen LogP contribution >= 0.6 is 24.0 Å². The van der Waals surface area contributed by atoms with E-state index in [0.29, 0.717) is 24.9 Å². The van der Waals surface area contributed by atoms with E-state index in [1.807, 2.05) is 75.4 Å². The van der Waals surface area contributed by atoms with E-state index >= 15 is 0 Å². The predicted molar refractivity (Wildman–Crippen MR) is 131 cm³/mol. The Kier molecular flexibility index (Phi) is 8.71. The summed E-state index contributed by atoms with van der Waals surface area (Å²) in [6, 6.07) is 17.9. The minimum atomic E-state index is -0.251. The molecule has 0 aliphatic carbocycles. The molecule has 0 unspecified atom stereocenters. The lowest BCUT2D eigenvalue weighted by molar-refractivity contribution is 0.129. The van der Waals surface area contributed by atoms with Crippen molar-refractivity contribution in [3.8, 4) is 17.2 Å². The summed E-state index contributed by atoms with van der Waals surface area (Å²) >= 11 is 0. The lowest BCUT2D eigenvalue weighted by Gasteiger charge is -2.23. The number of aliphatic imine (C=N–C) groups is 1. The normalized spacial score (nSPS) is 11.5. The smallest absolute Gasteiger partial charge is 0.226 e. The van der Waals surface area contributed by atoms with Gasteiger partial charge in [-0.25, -0.2) is 4.98 Å². The molecule has 1 heterocycles. The number of nitrogens with zero attached hydrogens (tertiary/aromatic N) is 2. The van der Waals surface area contributed by atoms with Crippen LogP contribution in [0.15, 0.2) is 70.3 Å². The minimum absolute atomic E-state index is 0. The Hall–Kier alpha value is -2.55. The summed E-state index contributed by atoms with van der Waals surface area (Å²) in [5, 5.41) is 6.59. The zero-order chi connectivity index (χ0) is 20.7. The minimum Gasteiger partial charge on any atom is -0.488 e. The first-order valence-corrected chi connectivity index (χ1v) is 9.66. The molecule has 1 aromatic heterocycles. The molecule has 7 heteroatoms. The van der Waals surface area contributed by atoms with Gasteiger partial charge in [-0.1, -0.05) is 36.4 Å². The molecule has 0 spiro atoms. The molecule has 0 fully saturated rings.